The fourth-order valence-corrected chi connectivity index (χ4v) is 2.56. The molecule has 0 fully saturated rings. The van der Waals surface area contributed by atoms with Crippen LogP contribution in [0.25, 0.3) is 0 Å². The number of aryl methyl sites for hydroxylation is 1. The third kappa shape index (κ3) is 4.71. The molecule has 22 heavy (non-hydrogen) atoms. The van der Waals surface area contributed by atoms with E-state index in [4.69, 9.17) is 11.6 Å². The fraction of sp³-hybridized carbons (Fsp3) is 0.188. The lowest BCUT2D eigenvalue weighted by molar-refractivity contribution is -0.115. The molecule has 0 bridgehead atoms. The highest BCUT2D eigenvalue weighted by Crippen LogP contribution is 2.21. The zero-order valence-corrected chi connectivity index (χ0v) is 14.3. The smallest absolute Gasteiger partial charge is 0.226 e. The van der Waals surface area contributed by atoms with Gasteiger partial charge in [-0.15, -0.1) is 0 Å². The van der Waals surface area contributed by atoms with Gasteiger partial charge in [0, 0.05) is 28.8 Å². The Morgan fingerprint density at radius 3 is 2.73 bits per heavy atom. The number of carbonyl (C=O) groups is 1. The summed E-state index contributed by atoms with van der Waals surface area (Å²) in [5, 5.41) is 5.95. The summed E-state index contributed by atoms with van der Waals surface area (Å²) in [6, 6.07) is 10.0. The predicted octanol–water partition coefficient (Wildman–Crippen LogP) is 4.99. The van der Waals surface area contributed by atoms with Crippen LogP contribution in [0.5, 0.6) is 0 Å². The van der Waals surface area contributed by atoms with E-state index in [-0.39, 0.29) is 10.9 Å². The van der Waals surface area contributed by atoms with Gasteiger partial charge in [-0.1, -0.05) is 27.5 Å². The van der Waals surface area contributed by atoms with Gasteiger partial charge in [-0.05, 0) is 48.9 Å². The number of anilines is 2. The topological polar surface area (TPSA) is 41.1 Å². The van der Waals surface area contributed by atoms with Crippen molar-refractivity contribution < 1.29 is 9.18 Å². The van der Waals surface area contributed by atoms with Gasteiger partial charge in [-0.2, -0.15) is 0 Å². The maximum atomic E-state index is 13.0. The van der Waals surface area contributed by atoms with E-state index in [9.17, 15) is 9.18 Å². The second kappa shape index (κ2) is 7.61. The molecule has 6 heteroatoms. The normalized spacial score (nSPS) is 10.4. The Morgan fingerprint density at radius 1 is 1.27 bits per heavy atom. The zero-order chi connectivity index (χ0) is 16.1. The van der Waals surface area contributed by atoms with Crippen LogP contribution in [0.15, 0.2) is 40.9 Å². The highest BCUT2D eigenvalue weighted by molar-refractivity contribution is 9.10. The van der Waals surface area contributed by atoms with Crippen LogP contribution < -0.4 is 10.6 Å². The lowest BCUT2D eigenvalue weighted by Crippen LogP contribution is -2.16. The van der Waals surface area contributed by atoms with Crippen LogP contribution in [0.4, 0.5) is 15.8 Å². The van der Waals surface area contributed by atoms with E-state index in [0.29, 0.717) is 18.7 Å². The van der Waals surface area contributed by atoms with Crippen LogP contribution in [0, 0.1) is 12.7 Å². The number of carbonyl (C=O) groups excluding carboxylic acids is 1. The monoisotopic (exact) mass is 384 g/mol. The molecule has 0 saturated carbocycles. The van der Waals surface area contributed by atoms with Crippen LogP contribution in [0.1, 0.15) is 12.0 Å². The van der Waals surface area contributed by atoms with Gasteiger partial charge in [-0.3, -0.25) is 4.79 Å². The Morgan fingerprint density at radius 2 is 2.05 bits per heavy atom. The van der Waals surface area contributed by atoms with Crippen molar-refractivity contribution in [2.24, 2.45) is 0 Å². The molecule has 0 aliphatic heterocycles. The Labute approximate surface area is 142 Å². The second-order valence-electron chi connectivity index (χ2n) is 4.81. The van der Waals surface area contributed by atoms with E-state index in [1.54, 1.807) is 6.07 Å². The molecule has 0 radical (unpaired) electrons. The summed E-state index contributed by atoms with van der Waals surface area (Å²) in [6.45, 7) is 2.36. The molecule has 2 rings (SSSR count). The Balaban J connectivity index is 1.83. The minimum absolute atomic E-state index is 0.0555. The van der Waals surface area contributed by atoms with E-state index in [1.165, 1.54) is 12.1 Å². The minimum atomic E-state index is -0.462. The Bertz CT molecular complexity index is 694. The van der Waals surface area contributed by atoms with Gasteiger partial charge < -0.3 is 10.6 Å². The first-order valence-electron chi connectivity index (χ1n) is 6.70. The largest absolute Gasteiger partial charge is 0.384 e. The molecule has 2 aromatic carbocycles. The van der Waals surface area contributed by atoms with Crippen molar-refractivity contribution in [3.63, 3.8) is 0 Å². The van der Waals surface area contributed by atoms with E-state index < -0.39 is 5.82 Å². The third-order valence-corrected chi connectivity index (χ3v) is 3.85. The van der Waals surface area contributed by atoms with Crippen molar-refractivity contribution in [1.82, 2.24) is 0 Å². The summed E-state index contributed by atoms with van der Waals surface area (Å²) >= 11 is 9.08. The van der Waals surface area contributed by atoms with Crippen molar-refractivity contribution in [3.8, 4) is 0 Å². The van der Waals surface area contributed by atoms with Gasteiger partial charge in [0.2, 0.25) is 5.91 Å². The van der Waals surface area contributed by atoms with Gasteiger partial charge >= 0.3 is 0 Å². The van der Waals surface area contributed by atoms with Crippen molar-refractivity contribution in [3.05, 3.63) is 57.3 Å². The molecule has 116 valence electrons. The predicted molar refractivity (Wildman–Crippen MR) is 92.0 cm³/mol. The maximum Gasteiger partial charge on any atom is 0.226 e. The summed E-state index contributed by atoms with van der Waals surface area (Å²) in [4.78, 5) is 11.9. The molecule has 2 N–H and O–H groups in total. The molecule has 0 heterocycles. The summed E-state index contributed by atoms with van der Waals surface area (Å²) < 4.78 is 14.0. The molecule has 0 spiro atoms. The van der Waals surface area contributed by atoms with Crippen molar-refractivity contribution in [1.29, 1.82) is 0 Å². The van der Waals surface area contributed by atoms with Gasteiger partial charge in [0.25, 0.3) is 0 Å². The van der Waals surface area contributed by atoms with Crippen LogP contribution in [-0.4, -0.2) is 12.5 Å². The third-order valence-electron chi connectivity index (χ3n) is 3.06. The molecule has 0 unspecified atom stereocenters. The van der Waals surface area contributed by atoms with E-state index in [1.807, 2.05) is 25.1 Å². The summed E-state index contributed by atoms with van der Waals surface area (Å²) in [7, 11) is 0. The second-order valence-corrected chi connectivity index (χ2v) is 6.14. The quantitative estimate of drug-likeness (QED) is 0.761. The van der Waals surface area contributed by atoms with E-state index in [2.05, 4.69) is 26.6 Å². The first kappa shape index (κ1) is 16.8. The summed E-state index contributed by atoms with van der Waals surface area (Å²) in [5.41, 5.74) is 2.46. The molecule has 2 aromatic rings. The molecule has 0 aromatic heterocycles. The number of rotatable bonds is 5. The molecule has 1 amide bonds. The van der Waals surface area contributed by atoms with Gasteiger partial charge in [0.1, 0.15) is 5.82 Å². The highest BCUT2D eigenvalue weighted by atomic mass is 79.9. The zero-order valence-electron chi connectivity index (χ0n) is 11.9. The van der Waals surface area contributed by atoms with E-state index >= 15 is 0 Å². The molecular weight excluding hydrogens is 371 g/mol. The van der Waals surface area contributed by atoms with Gasteiger partial charge in [0.15, 0.2) is 0 Å². The molecule has 0 atom stereocenters. The molecular formula is C16H15BrClFN2O. The standard InChI is InChI=1S/C16H15BrClFN2O/c1-10-8-11(17)2-5-15(10)21-16(22)6-7-20-12-3-4-14(19)13(18)9-12/h2-5,8-9,20H,6-7H2,1H3,(H,21,22). The average molecular weight is 386 g/mol. The number of benzene rings is 2. The Kier molecular flexibility index (Phi) is 5.80. The molecule has 0 saturated heterocycles. The first-order chi connectivity index (χ1) is 10.5. The van der Waals surface area contributed by atoms with Gasteiger partial charge in [-0.25, -0.2) is 4.39 Å². The molecule has 0 aliphatic carbocycles. The van der Waals surface area contributed by atoms with Crippen molar-refractivity contribution in [2.75, 3.05) is 17.2 Å². The maximum absolute atomic E-state index is 13.0. The Hall–Kier alpha value is -1.59. The summed E-state index contributed by atoms with van der Waals surface area (Å²) in [6.07, 6.45) is 0.296. The number of amides is 1. The van der Waals surface area contributed by atoms with Crippen molar-refractivity contribution in [2.45, 2.75) is 13.3 Å². The fourth-order valence-electron chi connectivity index (χ4n) is 1.91. The van der Waals surface area contributed by atoms with Crippen molar-refractivity contribution >= 4 is 44.8 Å². The van der Waals surface area contributed by atoms with E-state index in [0.717, 1.165) is 15.7 Å². The number of nitrogens with one attached hydrogen (secondary N) is 2. The highest BCUT2D eigenvalue weighted by Gasteiger charge is 2.06. The number of halogens is 3. The van der Waals surface area contributed by atoms with Crippen LogP contribution in [-0.2, 0) is 4.79 Å². The minimum Gasteiger partial charge on any atom is -0.384 e. The first-order valence-corrected chi connectivity index (χ1v) is 7.88. The number of hydrogen-bond donors (Lipinski definition) is 2. The lowest BCUT2D eigenvalue weighted by atomic mass is 10.2. The number of hydrogen-bond acceptors (Lipinski definition) is 2. The summed E-state index contributed by atoms with van der Waals surface area (Å²) in [5.74, 6) is -0.554. The average Bonchev–Trinajstić information content (AvgIpc) is 2.46. The van der Waals surface area contributed by atoms with Crippen LogP contribution in [0.2, 0.25) is 5.02 Å². The SMILES string of the molecule is Cc1cc(Br)ccc1NC(=O)CCNc1ccc(F)c(Cl)c1. The lowest BCUT2D eigenvalue weighted by Gasteiger charge is -2.10. The van der Waals surface area contributed by atoms with Crippen LogP contribution in [0.3, 0.4) is 0 Å². The molecule has 3 nitrogen and oxygen atoms in total. The van der Waals surface area contributed by atoms with Gasteiger partial charge in [0.05, 0.1) is 5.02 Å². The molecule has 0 aliphatic rings. The van der Waals surface area contributed by atoms with Crippen LogP contribution >= 0.6 is 27.5 Å².